The number of ketones is 1. The molecule has 1 unspecified atom stereocenters. The van der Waals surface area contributed by atoms with E-state index in [-0.39, 0.29) is 19.0 Å². The number of ether oxygens (including phenoxy) is 1. The molecule has 3 N–H and O–H groups in total. The number of amides is 4. The van der Waals surface area contributed by atoms with Gasteiger partial charge in [0.25, 0.3) is 5.91 Å². The molecule has 1 saturated heterocycles. The molecule has 0 spiro atoms. The lowest BCUT2D eigenvalue weighted by atomic mass is 9.83. The fourth-order valence-corrected chi connectivity index (χ4v) is 6.53. The molecule has 0 aromatic carbocycles. The van der Waals surface area contributed by atoms with Gasteiger partial charge in [-0.05, 0) is 56.3 Å². The second kappa shape index (κ2) is 13.8. The van der Waals surface area contributed by atoms with Gasteiger partial charge in [-0.2, -0.15) is 26.3 Å². The molecule has 0 bridgehead atoms. The molecule has 10 nitrogen and oxygen atoms in total. The number of carbonyl (C=O) groups excluding carboxylic acids is 5. The monoisotopic (exact) mass is 668 g/mol. The van der Waals surface area contributed by atoms with Crippen molar-refractivity contribution in [2.75, 3.05) is 13.1 Å². The van der Waals surface area contributed by atoms with Crippen LogP contribution in [0.3, 0.4) is 0 Å². The van der Waals surface area contributed by atoms with E-state index in [0.29, 0.717) is 39.5 Å². The number of Topliss-reactive ketones (excluding diaryl/α,β-unsaturated/α-hetero) is 1. The molecule has 5 atom stereocenters. The molecule has 0 aromatic rings. The Hall–Kier alpha value is -3.33. The number of halogens is 6. The van der Waals surface area contributed by atoms with Crippen LogP contribution in [0, 0.1) is 23.2 Å². The van der Waals surface area contributed by atoms with Crippen molar-refractivity contribution in [3.8, 4) is 0 Å². The summed E-state index contributed by atoms with van der Waals surface area (Å²) in [7, 11) is 0. The van der Waals surface area contributed by atoms with Gasteiger partial charge < -0.3 is 25.6 Å². The average molecular weight is 669 g/mol. The summed E-state index contributed by atoms with van der Waals surface area (Å²) in [5.41, 5.74) is -3.33. The van der Waals surface area contributed by atoms with E-state index in [1.54, 1.807) is 0 Å². The maximum atomic E-state index is 14.1. The highest BCUT2D eigenvalue weighted by Gasteiger charge is 2.70. The minimum atomic E-state index is -4.90. The Balaban J connectivity index is 1.88. The number of rotatable bonds is 12. The zero-order chi connectivity index (χ0) is 34.8. The van der Waals surface area contributed by atoms with Crippen LogP contribution in [0.5, 0.6) is 0 Å². The van der Waals surface area contributed by atoms with Crippen LogP contribution in [-0.4, -0.2) is 83.7 Å². The Labute approximate surface area is 263 Å². The maximum absolute atomic E-state index is 14.1. The molecular weight excluding hydrogens is 626 g/mol. The van der Waals surface area contributed by atoms with Gasteiger partial charge in [0.2, 0.25) is 23.2 Å². The molecule has 0 aromatic heterocycles. The van der Waals surface area contributed by atoms with Crippen LogP contribution in [0.4, 0.5) is 31.1 Å². The Bertz CT molecular complexity index is 1200. The fourth-order valence-electron chi connectivity index (χ4n) is 6.53. The number of alkyl carbamates (subject to hydrolysis) is 1. The largest absolute Gasteiger partial charge is 0.434 e. The van der Waals surface area contributed by atoms with Crippen LogP contribution in [0.2, 0.25) is 0 Å². The lowest BCUT2D eigenvalue weighted by molar-refractivity contribution is -0.244. The summed E-state index contributed by atoms with van der Waals surface area (Å²) in [4.78, 5) is 66.9. The van der Waals surface area contributed by atoms with Crippen LogP contribution >= 0.6 is 0 Å². The quantitative estimate of drug-likeness (QED) is 0.162. The fraction of sp³-hybridized carbons (Fsp3) is 0.767. The third-order valence-corrected chi connectivity index (χ3v) is 9.43. The summed E-state index contributed by atoms with van der Waals surface area (Å²) >= 11 is 0. The van der Waals surface area contributed by atoms with E-state index in [9.17, 15) is 50.3 Å². The lowest BCUT2D eigenvalue weighted by Gasteiger charge is -2.37. The van der Waals surface area contributed by atoms with Gasteiger partial charge in [-0.15, -0.1) is 6.58 Å². The molecule has 3 aliphatic rings. The maximum Gasteiger partial charge on any atom is 0.427 e. The zero-order valence-electron chi connectivity index (χ0n) is 26.3. The van der Waals surface area contributed by atoms with Crippen molar-refractivity contribution in [2.24, 2.45) is 23.2 Å². The Morgan fingerprint density at radius 2 is 1.61 bits per heavy atom. The van der Waals surface area contributed by atoms with Crippen molar-refractivity contribution >= 4 is 29.6 Å². The Morgan fingerprint density at radius 1 is 1.00 bits per heavy atom. The number of hydrogen-bond acceptors (Lipinski definition) is 6. The first-order valence-corrected chi connectivity index (χ1v) is 15.3. The van der Waals surface area contributed by atoms with Crippen molar-refractivity contribution in [3.63, 3.8) is 0 Å². The molecule has 1 heterocycles. The van der Waals surface area contributed by atoms with E-state index in [0.717, 1.165) is 6.42 Å². The van der Waals surface area contributed by atoms with Crippen molar-refractivity contribution in [1.29, 1.82) is 0 Å². The molecule has 3 rings (SSSR count). The van der Waals surface area contributed by atoms with Crippen LogP contribution in [0.25, 0.3) is 0 Å². The molecule has 3 fully saturated rings. The van der Waals surface area contributed by atoms with Gasteiger partial charge in [0.1, 0.15) is 12.1 Å². The van der Waals surface area contributed by atoms with Gasteiger partial charge in [0.05, 0.1) is 6.04 Å². The van der Waals surface area contributed by atoms with Crippen molar-refractivity contribution in [2.45, 2.75) is 109 Å². The first-order valence-electron chi connectivity index (χ1n) is 15.3. The average Bonchev–Trinajstić information content (AvgIpc) is 3.27. The van der Waals surface area contributed by atoms with Gasteiger partial charge in [0.15, 0.2) is 0 Å². The summed E-state index contributed by atoms with van der Waals surface area (Å²) in [5.74, 6) is -5.39. The molecule has 0 radical (unpaired) electrons. The van der Waals surface area contributed by atoms with E-state index in [1.165, 1.54) is 11.0 Å². The second-order valence-corrected chi connectivity index (χ2v) is 13.4. The molecule has 1 aliphatic heterocycles. The van der Waals surface area contributed by atoms with Crippen LogP contribution < -0.4 is 16.0 Å². The van der Waals surface area contributed by atoms with Gasteiger partial charge in [-0.25, -0.2) is 4.79 Å². The third kappa shape index (κ3) is 8.52. The summed E-state index contributed by atoms with van der Waals surface area (Å²) in [6.07, 6.45) is -9.06. The molecule has 2 aliphatic carbocycles. The number of alkyl halides is 6. The van der Waals surface area contributed by atoms with Crippen molar-refractivity contribution in [3.05, 3.63) is 12.7 Å². The van der Waals surface area contributed by atoms with E-state index >= 15 is 0 Å². The van der Waals surface area contributed by atoms with Gasteiger partial charge in [0, 0.05) is 19.5 Å². The normalized spacial score (nSPS) is 24.2. The summed E-state index contributed by atoms with van der Waals surface area (Å²) in [6.45, 7) is 8.27. The predicted octanol–water partition coefficient (Wildman–Crippen LogP) is 4.18. The second-order valence-electron chi connectivity index (χ2n) is 13.4. The number of carbonyl (C=O) groups is 5. The smallest absolute Gasteiger partial charge is 0.427 e. The highest BCUT2D eigenvalue weighted by atomic mass is 19.4. The minimum absolute atomic E-state index is 0.0313. The van der Waals surface area contributed by atoms with Crippen LogP contribution in [0.15, 0.2) is 12.7 Å². The minimum Gasteiger partial charge on any atom is -0.434 e. The van der Waals surface area contributed by atoms with Gasteiger partial charge in [-0.1, -0.05) is 39.2 Å². The van der Waals surface area contributed by atoms with E-state index < -0.39 is 95.8 Å². The van der Waals surface area contributed by atoms with Crippen LogP contribution in [-0.2, 0) is 23.9 Å². The highest BCUT2D eigenvalue weighted by molar-refractivity contribution is 6.38. The molecule has 46 heavy (non-hydrogen) atoms. The molecule has 2 saturated carbocycles. The first kappa shape index (κ1) is 37.1. The third-order valence-electron chi connectivity index (χ3n) is 9.43. The van der Waals surface area contributed by atoms with E-state index in [2.05, 4.69) is 27.3 Å². The highest BCUT2D eigenvalue weighted by Crippen LogP contribution is 2.65. The van der Waals surface area contributed by atoms with Crippen molar-refractivity contribution < 1.29 is 55.1 Å². The molecule has 16 heteroatoms. The molecular formula is C30H42F6N4O6. The summed E-state index contributed by atoms with van der Waals surface area (Å²) < 4.78 is 84.2. The lowest BCUT2D eigenvalue weighted by Crippen LogP contribution is -2.60. The zero-order valence-corrected chi connectivity index (χ0v) is 26.3. The van der Waals surface area contributed by atoms with E-state index in [4.69, 9.17) is 0 Å². The van der Waals surface area contributed by atoms with Crippen LogP contribution in [0.1, 0.15) is 72.6 Å². The van der Waals surface area contributed by atoms with Crippen molar-refractivity contribution in [1.82, 2.24) is 20.9 Å². The summed E-state index contributed by atoms with van der Waals surface area (Å²) in [5, 5.41) is 6.76. The number of fused-ring (bicyclic) bond motifs is 1. The number of piperidine rings is 1. The number of nitrogens with zero attached hydrogens (tertiary/aromatic N) is 1. The molecule has 260 valence electrons. The van der Waals surface area contributed by atoms with Gasteiger partial charge in [-0.3, -0.25) is 19.2 Å². The summed E-state index contributed by atoms with van der Waals surface area (Å²) in [6, 6.07) is -4.48. The van der Waals surface area contributed by atoms with E-state index in [1.807, 2.05) is 13.8 Å². The Kier molecular flexibility index (Phi) is 11.1. The number of hydrogen-bond donors (Lipinski definition) is 3. The molecule has 4 amide bonds. The number of nitrogens with one attached hydrogen (secondary N) is 3. The predicted molar refractivity (Wildman–Crippen MR) is 152 cm³/mol. The standard InChI is InChI=1S/C30H42F6N4O6/c1-6-14-37-24(43)22(41)18(12-13-29(31,32)33)38-23(42)21-19-17(27(19,2)3)15-40(21)25(44)20(16-10-8-7-9-11-16)39-26(45)46-28(4,5)30(34,35)36/h6,16-21H,1,7-15H2,2-5H3,(H,37,43)(H,38,42)(H,39,45)/t17-,18?,19-,20-,21-/m0/s1. The topological polar surface area (TPSA) is 134 Å². The first-order chi connectivity index (χ1) is 21.1. The number of likely N-dealkylation sites (tertiary alicyclic amines) is 1. The van der Waals surface area contributed by atoms with Gasteiger partial charge >= 0.3 is 18.4 Å². The SMILES string of the molecule is C=CCNC(=O)C(=O)C(CCC(F)(F)F)NC(=O)[C@@H]1[C@@H]2[C@H](CN1C(=O)[C@@H](NC(=O)OC(C)(C)C(F)(F)F)C1CCCCC1)C2(C)C. The Morgan fingerprint density at radius 3 is 2.15 bits per heavy atom.